The van der Waals surface area contributed by atoms with Crippen LogP contribution in [-0.2, 0) is 11.3 Å². The molecule has 0 fully saturated rings. The van der Waals surface area contributed by atoms with Crippen molar-refractivity contribution in [1.29, 1.82) is 0 Å². The average Bonchev–Trinajstić information content (AvgIpc) is 3.04. The number of nitrogens with zero attached hydrogens (tertiary/aromatic N) is 3. The fraction of sp³-hybridized carbons (Fsp3) is 0.417. The molecule has 0 unspecified atom stereocenters. The Hall–Kier alpha value is -1.90. The third kappa shape index (κ3) is 3.81. The first-order valence-electron chi connectivity index (χ1n) is 6.13. The Bertz CT molecular complexity index is 608. The van der Waals surface area contributed by atoms with Crippen LogP contribution in [0.25, 0.3) is 10.6 Å². The van der Waals surface area contributed by atoms with Crippen molar-refractivity contribution in [3.63, 3.8) is 0 Å². The van der Waals surface area contributed by atoms with E-state index in [1.165, 1.54) is 11.3 Å². The van der Waals surface area contributed by atoms with E-state index in [4.69, 9.17) is 4.74 Å². The zero-order valence-corrected chi connectivity index (χ0v) is 11.9. The van der Waals surface area contributed by atoms with Crippen molar-refractivity contribution >= 4 is 17.3 Å². The number of hydrogen-bond donors (Lipinski definition) is 0. The summed E-state index contributed by atoms with van der Waals surface area (Å²) in [5.74, 6) is -0.695. The van der Waals surface area contributed by atoms with Gasteiger partial charge >= 0.3 is 12.1 Å². The number of hydrogen-bond acceptors (Lipinski definition) is 5. The van der Waals surface area contributed by atoms with E-state index in [1.54, 1.807) is 24.4 Å². The van der Waals surface area contributed by atoms with Gasteiger partial charge in [0.15, 0.2) is 5.69 Å². The van der Waals surface area contributed by atoms with E-state index < -0.39 is 25.1 Å². The highest BCUT2D eigenvalue weighted by Gasteiger charge is 2.29. The van der Waals surface area contributed by atoms with Crippen LogP contribution in [0.2, 0.25) is 0 Å². The van der Waals surface area contributed by atoms with Gasteiger partial charge in [0.25, 0.3) is 0 Å². The molecule has 0 saturated carbocycles. The molecule has 0 bridgehead atoms. The Morgan fingerprint density at radius 2 is 2.24 bits per heavy atom. The topological polar surface area (TPSA) is 57.0 Å². The van der Waals surface area contributed by atoms with Gasteiger partial charge < -0.3 is 4.74 Å². The molecule has 0 aliphatic heterocycles. The minimum absolute atomic E-state index is 0.0681. The second-order valence-electron chi connectivity index (χ2n) is 4.07. The third-order valence-electron chi connectivity index (χ3n) is 2.57. The third-order valence-corrected chi connectivity index (χ3v) is 3.44. The molecule has 9 heteroatoms. The molecule has 0 aliphatic carbocycles. The number of carbonyl (C=O) groups is 1. The second kappa shape index (κ2) is 6.25. The van der Waals surface area contributed by atoms with Crippen molar-refractivity contribution in [3.05, 3.63) is 23.2 Å². The van der Waals surface area contributed by atoms with E-state index in [2.05, 4.69) is 10.3 Å². The summed E-state index contributed by atoms with van der Waals surface area (Å²) in [4.78, 5) is 12.4. The van der Waals surface area contributed by atoms with E-state index in [-0.39, 0.29) is 18.0 Å². The summed E-state index contributed by atoms with van der Waals surface area (Å²) in [5, 5.41) is 9.08. The number of ether oxygens (including phenoxy) is 1. The zero-order valence-electron chi connectivity index (χ0n) is 11.1. The number of rotatable bonds is 5. The highest BCUT2D eigenvalue weighted by molar-refractivity contribution is 7.13. The van der Waals surface area contributed by atoms with Crippen LogP contribution < -0.4 is 0 Å². The molecule has 114 valence electrons. The van der Waals surface area contributed by atoms with Crippen LogP contribution in [0.3, 0.4) is 0 Å². The molecule has 0 aliphatic rings. The molecule has 2 heterocycles. The van der Waals surface area contributed by atoms with Gasteiger partial charge in [0, 0.05) is 0 Å². The predicted molar refractivity (Wildman–Crippen MR) is 70.0 cm³/mol. The summed E-state index contributed by atoms with van der Waals surface area (Å²) >= 11 is 1.29. The van der Waals surface area contributed by atoms with Crippen molar-refractivity contribution in [2.24, 2.45) is 0 Å². The molecule has 0 saturated heterocycles. The van der Waals surface area contributed by atoms with Crippen LogP contribution in [0, 0.1) is 0 Å². The molecule has 5 nitrogen and oxygen atoms in total. The summed E-state index contributed by atoms with van der Waals surface area (Å²) in [5.41, 5.74) is 0.189. The van der Waals surface area contributed by atoms with E-state index in [0.29, 0.717) is 4.88 Å². The van der Waals surface area contributed by atoms with Gasteiger partial charge in [-0.25, -0.2) is 9.48 Å². The van der Waals surface area contributed by atoms with Gasteiger partial charge in [-0.05, 0) is 18.4 Å². The molecule has 0 radical (unpaired) electrons. The van der Waals surface area contributed by atoms with Crippen LogP contribution in [0.4, 0.5) is 13.2 Å². The summed E-state index contributed by atoms with van der Waals surface area (Å²) in [6, 6.07) is 3.42. The molecule has 2 aromatic heterocycles. The van der Waals surface area contributed by atoms with Gasteiger partial charge in [0.1, 0.15) is 5.69 Å². The first-order chi connectivity index (χ1) is 9.92. The van der Waals surface area contributed by atoms with Gasteiger partial charge in [0.05, 0.1) is 24.4 Å². The number of aromatic nitrogens is 3. The first kappa shape index (κ1) is 15.5. The van der Waals surface area contributed by atoms with Crippen LogP contribution >= 0.6 is 11.3 Å². The number of thiophene rings is 1. The number of halogens is 3. The maximum Gasteiger partial charge on any atom is 0.390 e. The summed E-state index contributed by atoms with van der Waals surface area (Å²) in [7, 11) is 0. The fourth-order valence-corrected chi connectivity index (χ4v) is 2.47. The molecule has 0 aromatic carbocycles. The molecule has 21 heavy (non-hydrogen) atoms. The van der Waals surface area contributed by atoms with Crippen LogP contribution in [0.5, 0.6) is 0 Å². The summed E-state index contributed by atoms with van der Waals surface area (Å²) < 4.78 is 43.0. The monoisotopic (exact) mass is 319 g/mol. The fourth-order valence-electron chi connectivity index (χ4n) is 1.70. The quantitative estimate of drug-likeness (QED) is 0.795. The highest BCUT2D eigenvalue weighted by Crippen LogP contribution is 2.29. The molecular formula is C12H12F3N3O2S. The van der Waals surface area contributed by atoms with Gasteiger partial charge in [-0.2, -0.15) is 13.2 Å². The van der Waals surface area contributed by atoms with Gasteiger partial charge in [-0.1, -0.05) is 11.3 Å². The Kier molecular flexibility index (Phi) is 4.61. The lowest BCUT2D eigenvalue weighted by Gasteiger charge is -2.08. The standard InChI is InChI=1S/C12H12F3N3O2S/c1-2-20-11(19)9-10(8-4-3-7-21-8)18(17-16-9)6-5-12(13,14)15/h3-4,7H,2,5-6H2,1H3. The SMILES string of the molecule is CCOC(=O)c1nnn(CCC(F)(F)F)c1-c1cccs1. The van der Waals surface area contributed by atoms with Crippen LogP contribution in [-0.4, -0.2) is 33.7 Å². The summed E-state index contributed by atoms with van der Waals surface area (Å²) in [6.07, 6.45) is -5.35. The molecule has 2 rings (SSSR count). The zero-order chi connectivity index (χ0) is 15.5. The van der Waals surface area contributed by atoms with Crippen LogP contribution in [0.1, 0.15) is 23.8 Å². The van der Waals surface area contributed by atoms with Gasteiger partial charge in [-0.3, -0.25) is 0 Å². The van der Waals surface area contributed by atoms with Crippen molar-refractivity contribution in [3.8, 4) is 10.6 Å². The first-order valence-corrected chi connectivity index (χ1v) is 7.01. The van der Waals surface area contributed by atoms with Crippen molar-refractivity contribution < 1.29 is 22.7 Å². The van der Waals surface area contributed by atoms with Gasteiger partial charge in [-0.15, -0.1) is 16.4 Å². The maximum absolute atomic E-state index is 12.4. The predicted octanol–water partition coefficient (Wildman–Crippen LogP) is 3.14. The Morgan fingerprint density at radius 3 is 2.81 bits per heavy atom. The van der Waals surface area contributed by atoms with E-state index in [0.717, 1.165) is 4.68 Å². The van der Waals surface area contributed by atoms with Crippen molar-refractivity contribution in [2.75, 3.05) is 6.61 Å². The number of aryl methyl sites for hydroxylation is 1. The lowest BCUT2D eigenvalue weighted by atomic mass is 10.2. The summed E-state index contributed by atoms with van der Waals surface area (Å²) in [6.45, 7) is 1.39. The smallest absolute Gasteiger partial charge is 0.390 e. The molecular weight excluding hydrogens is 307 g/mol. The lowest BCUT2D eigenvalue weighted by molar-refractivity contribution is -0.137. The largest absolute Gasteiger partial charge is 0.461 e. The molecule has 0 atom stereocenters. The average molecular weight is 319 g/mol. The Morgan fingerprint density at radius 1 is 1.48 bits per heavy atom. The molecule has 0 amide bonds. The van der Waals surface area contributed by atoms with Gasteiger partial charge in [0.2, 0.25) is 0 Å². The number of esters is 1. The normalized spacial score (nSPS) is 11.6. The molecule has 2 aromatic rings. The van der Waals surface area contributed by atoms with Crippen molar-refractivity contribution in [2.45, 2.75) is 26.1 Å². The second-order valence-corrected chi connectivity index (χ2v) is 5.02. The van der Waals surface area contributed by atoms with E-state index >= 15 is 0 Å². The number of alkyl halides is 3. The number of carbonyl (C=O) groups excluding carboxylic acids is 1. The minimum Gasteiger partial charge on any atom is -0.461 e. The van der Waals surface area contributed by atoms with E-state index in [1.807, 2.05) is 0 Å². The minimum atomic E-state index is -4.30. The Balaban J connectivity index is 2.35. The van der Waals surface area contributed by atoms with Crippen molar-refractivity contribution in [1.82, 2.24) is 15.0 Å². The Labute approximate surface area is 122 Å². The highest BCUT2D eigenvalue weighted by atomic mass is 32.1. The molecule has 0 N–H and O–H groups in total. The lowest BCUT2D eigenvalue weighted by Crippen LogP contribution is -2.14. The molecule has 0 spiro atoms. The van der Waals surface area contributed by atoms with Crippen LogP contribution in [0.15, 0.2) is 17.5 Å². The maximum atomic E-state index is 12.4. The van der Waals surface area contributed by atoms with E-state index in [9.17, 15) is 18.0 Å².